The molecule has 92 valence electrons. The molecule has 0 aromatic heterocycles. The van der Waals surface area contributed by atoms with Crippen LogP contribution in [0.2, 0.25) is 0 Å². The van der Waals surface area contributed by atoms with Gasteiger partial charge in [-0.3, -0.25) is 0 Å². The van der Waals surface area contributed by atoms with Gasteiger partial charge in [0.25, 0.3) is 0 Å². The molecule has 0 unspecified atom stereocenters. The van der Waals surface area contributed by atoms with Crippen molar-refractivity contribution in [2.24, 2.45) is 5.41 Å². The fraction of sp³-hybridized carbons (Fsp3) is 0.625. The summed E-state index contributed by atoms with van der Waals surface area (Å²) in [7, 11) is 0. The highest BCUT2D eigenvalue weighted by Gasteiger charge is 2.43. The first kappa shape index (κ1) is 11.1. The van der Waals surface area contributed by atoms with Crippen LogP contribution in [0, 0.1) is 5.41 Å². The lowest BCUT2D eigenvalue weighted by Gasteiger charge is -2.38. The average molecular weight is 230 g/mol. The molecule has 0 amide bonds. The number of hydrogen-bond acceptors (Lipinski definition) is 1. The van der Waals surface area contributed by atoms with E-state index < -0.39 is 0 Å². The molecule has 0 heterocycles. The van der Waals surface area contributed by atoms with E-state index in [1.165, 1.54) is 43.2 Å². The predicted molar refractivity (Wildman–Crippen MR) is 70.5 cm³/mol. The monoisotopic (exact) mass is 230 g/mol. The minimum Gasteiger partial charge on any atom is -0.488 e. The van der Waals surface area contributed by atoms with Crippen molar-refractivity contribution in [3.05, 3.63) is 29.3 Å². The second-order valence-electron chi connectivity index (χ2n) is 6.82. The Kier molecular flexibility index (Phi) is 2.30. The molecule has 0 aliphatic heterocycles. The lowest BCUT2D eigenvalue weighted by Crippen LogP contribution is -2.29. The Morgan fingerprint density at radius 2 is 1.88 bits per heavy atom. The van der Waals surface area contributed by atoms with Crippen molar-refractivity contribution < 1.29 is 4.74 Å². The maximum atomic E-state index is 6.11. The van der Waals surface area contributed by atoms with Gasteiger partial charge in [0, 0.05) is 0 Å². The Morgan fingerprint density at radius 1 is 1.12 bits per heavy atom. The standard InChI is InChI=1S/C16H22O/c1-15(2,3)17-14-7-4-6-12-10-16(8-5-9-16)11-13(12)14/h4,6-7H,5,8-11H2,1-3H3. The smallest absolute Gasteiger partial charge is 0.123 e. The summed E-state index contributed by atoms with van der Waals surface area (Å²) in [6.45, 7) is 6.38. The van der Waals surface area contributed by atoms with Crippen molar-refractivity contribution in [2.75, 3.05) is 0 Å². The Morgan fingerprint density at radius 3 is 2.47 bits per heavy atom. The average Bonchev–Trinajstić information content (AvgIpc) is 2.55. The van der Waals surface area contributed by atoms with Crippen LogP contribution in [0.25, 0.3) is 0 Å². The molecule has 0 atom stereocenters. The van der Waals surface area contributed by atoms with Crippen molar-refractivity contribution in [2.45, 2.75) is 58.5 Å². The highest BCUT2D eigenvalue weighted by atomic mass is 16.5. The van der Waals surface area contributed by atoms with Crippen molar-refractivity contribution in [1.29, 1.82) is 0 Å². The number of benzene rings is 1. The first-order valence-corrected chi connectivity index (χ1v) is 6.77. The van der Waals surface area contributed by atoms with Crippen molar-refractivity contribution in [1.82, 2.24) is 0 Å². The molecule has 0 N–H and O–H groups in total. The van der Waals surface area contributed by atoms with Gasteiger partial charge in [-0.25, -0.2) is 0 Å². The second-order valence-corrected chi connectivity index (χ2v) is 6.82. The molecule has 0 saturated heterocycles. The van der Waals surface area contributed by atoms with E-state index in [0.29, 0.717) is 5.41 Å². The molecule has 2 aliphatic carbocycles. The Bertz CT molecular complexity index is 435. The normalized spacial score (nSPS) is 21.1. The molecule has 0 bridgehead atoms. The maximum absolute atomic E-state index is 6.11. The zero-order chi connectivity index (χ0) is 12.1. The van der Waals surface area contributed by atoms with Crippen LogP contribution >= 0.6 is 0 Å². The van der Waals surface area contributed by atoms with E-state index in [1.54, 1.807) is 0 Å². The van der Waals surface area contributed by atoms with E-state index in [-0.39, 0.29) is 5.60 Å². The molecule has 2 aliphatic rings. The highest BCUT2D eigenvalue weighted by molar-refractivity contribution is 5.45. The van der Waals surface area contributed by atoms with Gasteiger partial charge in [0.1, 0.15) is 11.4 Å². The van der Waals surface area contributed by atoms with Crippen LogP contribution in [0.1, 0.15) is 51.2 Å². The number of ether oxygens (including phenoxy) is 1. The number of hydrogen-bond donors (Lipinski definition) is 0. The van der Waals surface area contributed by atoms with Crippen molar-refractivity contribution >= 4 is 0 Å². The van der Waals surface area contributed by atoms with Gasteiger partial charge in [-0.1, -0.05) is 18.6 Å². The van der Waals surface area contributed by atoms with Gasteiger partial charge < -0.3 is 4.74 Å². The van der Waals surface area contributed by atoms with Crippen LogP contribution in [0.4, 0.5) is 0 Å². The van der Waals surface area contributed by atoms with Gasteiger partial charge >= 0.3 is 0 Å². The van der Waals surface area contributed by atoms with Crippen LogP contribution in [0.5, 0.6) is 5.75 Å². The predicted octanol–water partition coefficient (Wildman–Crippen LogP) is 4.13. The summed E-state index contributed by atoms with van der Waals surface area (Å²) in [5, 5.41) is 0. The molecule has 1 heteroatoms. The van der Waals surface area contributed by atoms with Crippen molar-refractivity contribution in [3.63, 3.8) is 0 Å². The summed E-state index contributed by atoms with van der Waals surface area (Å²) in [6.07, 6.45) is 6.77. The topological polar surface area (TPSA) is 9.23 Å². The van der Waals surface area contributed by atoms with Gasteiger partial charge in [0.2, 0.25) is 0 Å². The minimum absolute atomic E-state index is 0.0928. The zero-order valence-corrected chi connectivity index (χ0v) is 11.2. The largest absolute Gasteiger partial charge is 0.488 e. The summed E-state index contributed by atoms with van der Waals surface area (Å²) in [5.74, 6) is 1.12. The van der Waals surface area contributed by atoms with E-state index in [2.05, 4.69) is 39.0 Å². The van der Waals surface area contributed by atoms with Gasteiger partial charge in [-0.2, -0.15) is 0 Å². The fourth-order valence-corrected chi connectivity index (χ4v) is 3.27. The molecular weight excluding hydrogens is 208 g/mol. The highest BCUT2D eigenvalue weighted by Crippen LogP contribution is 2.53. The molecule has 1 saturated carbocycles. The number of rotatable bonds is 1. The lowest BCUT2D eigenvalue weighted by atomic mass is 9.67. The molecule has 0 radical (unpaired) electrons. The van der Waals surface area contributed by atoms with E-state index in [0.717, 1.165) is 5.75 Å². The zero-order valence-electron chi connectivity index (χ0n) is 11.2. The maximum Gasteiger partial charge on any atom is 0.123 e. The van der Waals surface area contributed by atoms with E-state index in [4.69, 9.17) is 4.74 Å². The third kappa shape index (κ3) is 1.96. The van der Waals surface area contributed by atoms with Gasteiger partial charge in [0.05, 0.1) is 0 Å². The van der Waals surface area contributed by atoms with E-state index >= 15 is 0 Å². The van der Waals surface area contributed by atoms with Gasteiger partial charge in [-0.15, -0.1) is 0 Å². The molecule has 1 fully saturated rings. The van der Waals surface area contributed by atoms with Crippen LogP contribution in [-0.4, -0.2) is 5.60 Å². The van der Waals surface area contributed by atoms with E-state index in [1.807, 2.05) is 0 Å². The van der Waals surface area contributed by atoms with E-state index in [9.17, 15) is 0 Å². The summed E-state index contributed by atoms with van der Waals surface area (Å²) in [5.41, 5.74) is 3.54. The first-order chi connectivity index (χ1) is 7.98. The van der Waals surface area contributed by atoms with Crippen LogP contribution in [0.15, 0.2) is 18.2 Å². The third-order valence-corrected chi connectivity index (χ3v) is 4.18. The summed E-state index contributed by atoms with van der Waals surface area (Å²) in [6, 6.07) is 6.58. The molecular formula is C16H22O. The SMILES string of the molecule is CC(C)(C)Oc1cccc2c1CC1(CCC1)C2. The summed E-state index contributed by atoms with van der Waals surface area (Å²) >= 11 is 0. The molecule has 17 heavy (non-hydrogen) atoms. The van der Waals surface area contributed by atoms with Crippen LogP contribution in [-0.2, 0) is 12.8 Å². The summed E-state index contributed by atoms with van der Waals surface area (Å²) in [4.78, 5) is 0. The molecule has 1 aromatic rings. The molecule has 3 rings (SSSR count). The Labute approximate surface area is 104 Å². The first-order valence-electron chi connectivity index (χ1n) is 6.77. The third-order valence-electron chi connectivity index (χ3n) is 4.18. The summed E-state index contributed by atoms with van der Waals surface area (Å²) < 4.78 is 6.11. The quantitative estimate of drug-likeness (QED) is 0.704. The minimum atomic E-state index is -0.0928. The molecule has 1 spiro atoms. The van der Waals surface area contributed by atoms with Crippen LogP contribution in [0.3, 0.4) is 0 Å². The van der Waals surface area contributed by atoms with Crippen LogP contribution < -0.4 is 4.74 Å². The van der Waals surface area contributed by atoms with Crippen molar-refractivity contribution in [3.8, 4) is 5.75 Å². The lowest BCUT2D eigenvalue weighted by molar-refractivity contribution is 0.124. The van der Waals surface area contributed by atoms with Gasteiger partial charge in [0.15, 0.2) is 0 Å². The molecule has 1 aromatic carbocycles. The second kappa shape index (κ2) is 3.51. The van der Waals surface area contributed by atoms with Gasteiger partial charge in [-0.05, 0) is 69.1 Å². The Hall–Kier alpha value is -0.980. The fourth-order valence-electron chi connectivity index (χ4n) is 3.27. The number of fused-ring (bicyclic) bond motifs is 1. The molecule has 1 nitrogen and oxygen atoms in total. The Balaban J connectivity index is 1.91.